The van der Waals surface area contributed by atoms with E-state index in [4.69, 9.17) is 15.5 Å². The van der Waals surface area contributed by atoms with Crippen LogP contribution in [-0.2, 0) is 0 Å². The second-order valence-electron chi connectivity index (χ2n) is 3.69. The van der Waals surface area contributed by atoms with E-state index in [9.17, 15) is 0 Å². The summed E-state index contributed by atoms with van der Waals surface area (Å²) in [6.07, 6.45) is 0. The average Bonchev–Trinajstić information content (AvgIpc) is 2.27. The molecule has 1 aromatic carbocycles. The summed E-state index contributed by atoms with van der Waals surface area (Å²) < 4.78 is 5.47. The van der Waals surface area contributed by atoms with E-state index in [1.807, 2.05) is 19.9 Å². The zero-order chi connectivity index (χ0) is 12.0. The van der Waals surface area contributed by atoms with Gasteiger partial charge in [-0.25, -0.2) is 0 Å². The highest BCUT2D eigenvalue weighted by Crippen LogP contribution is 2.24. The minimum absolute atomic E-state index is 0.380. The highest BCUT2D eigenvalue weighted by atomic mass is 16.5. The Morgan fingerprint density at radius 3 is 2.88 bits per heavy atom. The number of azide groups is 1. The molecule has 0 saturated heterocycles. The van der Waals surface area contributed by atoms with Crippen molar-refractivity contribution in [3.8, 4) is 11.8 Å². The van der Waals surface area contributed by atoms with E-state index >= 15 is 0 Å². The van der Waals surface area contributed by atoms with Gasteiger partial charge in [0.2, 0.25) is 0 Å². The zero-order valence-corrected chi connectivity index (χ0v) is 9.21. The monoisotopic (exact) mass is 216 g/mol. The zero-order valence-electron chi connectivity index (χ0n) is 9.21. The molecule has 0 saturated carbocycles. The van der Waals surface area contributed by atoms with Crippen LogP contribution in [0.15, 0.2) is 23.3 Å². The molecule has 0 spiro atoms. The van der Waals surface area contributed by atoms with E-state index < -0.39 is 0 Å². The first-order valence-electron chi connectivity index (χ1n) is 4.89. The second kappa shape index (κ2) is 5.64. The lowest BCUT2D eigenvalue weighted by atomic mass is 10.2. The average molecular weight is 216 g/mol. The number of hydrogen-bond acceptors (Lipinski definition) is 3. The van der Waals surface area contributed by atoms with Gasteiger partial charge in [0.15, 0.2) is 0 Å². The maximum absolute atomic E-state index is 8.91. The van der Waals surface area contributed by atoms with Crippen LogP contribution in [0.3, 0.4) is 0 Å². The third kappa shape index (κ3) is 3.19. The Morgan fingerprint density at radius 2 is 2.31 bits per heavy atom. The van der Waals surface area contributed by atoms with E-state index in [2.05, 4.69) is 10.0 Å². The van der Waals surface area contributed by atoms with Crippen LogP contribution in [0, 0.1) is 17.2 Å². The van der Waals surface area contributed by atoms with Gasteiger partial charge in [-0.3, -0.25) is 0 Å². The molecule has 82 valence electrons. The van der Waals surface area contributed by atoms with Crippen LogP contribution < -0.4 is 4.74 Å². The van der Waals surface area contributed by atoms with Crippen LogP contribution in [0.5, 0.6) is 5.75 Å². The molecule has 0 amide bonds. The summed E-state index contributed by atoms with van der Waals surface area (Å²) in [6.45, 7) is 4.61. The number of benzene rings is 1. The van der Waals surface area contributed by atoms with Gasteiger partial charge in [-0.2, -0.15) is 5.26 Å². The Balaban J connectivity index is 2.94. The van der Waals surface area contributed by atoms with E-state index in [0.29, 0.717) is 29.5 Å². The standard InChI is InChI=1S/C11H12N4O/c1-8(2)7-16-11-4-3-10(14-15-13)5-9(11)6-12/h3-5,8H,7H2,1-2H3. The van der Waals surface area contributed by atoms with Crippen molar-refractivity contribution < 1.29 is 4.74 Å². The van der Waals surface area contributed by atoms with Gasteiger partial charge >= 0.3 is 0 Å². The SMILES string of the molecule is CC(C)COc1ccc(N=[N+]=[N-])cc1C#N. The normalized spacial score (nSPS) is 9.38. The van der Waals surface area contributed by atoms with Gasteiger partial charge in [-0.15, -0.1) is 0 Å². The van der Waals surface area contributed by atoms with Crippen molar-refractivity contribution >= 4 is 5.69 Å². The molecule has 0 unspecified atom stereocenters. The molecule has 0 bridgehead atoms. The third-order valence-electron chi connectivity index (χ3n) is 1.82. The molecule has 5 nitrogen and oxygen atoms in total. The molecule has 0 heterocycles. The minimum atomic E-state index is 0.380. The van der Waals surface area contributed by atoms with Crippen LogP contribution in [0.2, 0.25) is 0 Å². The molecular formula is C11H12N4O. The summed E-state index contributed by atoms with van der Waals surface area (Å²) in [7, 11) is 0. The van der Waals surface area contributed by atoms with Gasteiger partial charge in [0.05, 0.1) is 12.2 Å². The van der Waals surface area contributed by atoms with Crippen LogP contribution in [-0.4, -0.2) is 6.61 Å². The Bertz CT molecular complexity index is 456. The first-order valence-corrected chi connectivity index (χ1v) is 4.89. The lowest BCUT2D eigenvalue weighted by Crippen LogP contribution is -2.05. The van der Waals surface area contributed by atoms with Gasteiger partial charge in [-0.05, 0) is 29.6 Å². The molecule has 16 heavy (non-hydrogen) atoms. The highest BCUT2D eigenvalue weighted by Gasteiger charge is 2.05. The molecule has 0 aromatic heterocycles. The molecule has 0 atom stereocenters. The maximum atomic E-state index is 8.91. The van der Waals surface area contributed by atoms with E-state index in [0.717, 1.165) is 0 Å². The van der Waals surface area contributed by atoms with Gasteiger partial charge in [0.1, 0.15) is 11.8 Å². The molecule has 1 aromatic rings. The summed E-state index contributed by atoms with van der Waals surface area (Å²) in [6, 6.07) is 6.78. The van der Waals surface area contributed by atoms with Crippen LogP contribution >= 0.6 is 0 Å². The van der Waals surface area contributed by atoms with Gasteiger partial charge in [0.25, 0.3) is 0 Å². The van der Waals surface area contributed by atoms with Crippen LogP contribution in [0.25, 0.3) is 10.4 Å². The van der Waals surface area contributed by atoms with E-state index in [1.54, 1.807) is 12.1 Å². The largest absolute Gasteiger partial charge is 0.492 e. The fourth-order valence-electron chi connectivity index (χ4n) is 1.10. The van der Waals surface area contributed by atoms with Crippen molar-refractivity contribution in [2.24, 2.45) is 11.0 Å². The quantitative estimate of drug-likeness (QED) is 0.438. The Labute approximate surface area is 93.9 Å². The molecule has 0 fully saturated rings. The molecule has 0 aliphatic rings. The van der Waals surface area contributed by atoms with Crippen molar-refractivity contribution in [2.75, 3.05) is 6.61 Å². The first kappa shape index (κ1) is 11.9. The molecule has 0 radical (unpaired) electrons. The highest BCUT2D eigenvalue weighted by molar-refractivity contribution is 5.52. The molecule has 0 aliphatic carbocycles. The Morgan fingerprint density at radius 1 is 1.56 bits per heavy atom. The van der Waals surface area contributed by atoms with Gasteiger partial charge < -0.3 is 4.74 Å². The lowest BCUT2D eigenvalue weighted by molar-refractivity contribution is 0.270. The van der Waals surface area contributed by atoms with Crippen molar-refractivity contribution in [2.45, 2.75) is 13.8 Å². The lowest BCUT2D eigenvalue weighted by Gasteiger charge is -2.09. The second-order valence-corrected chi connectivity index (χ2v) is 3.69. The number of hydrogen-bond donors (Lipinski definition) is 0. The Kier molecular flexibility index (Phi) is 4.19. The third-order valence-corrected chi connectivity index (χ3v) is 1.82. The molecule has 0 aliphatic heterocycles. The van der Waals surface area contributed by atoms with Gasteiger partial charge in [0, 0.05) is 10.6 Å². The number of nitriles is 1. The predicted molar refractivity (Wildman–Crippen MR) is 60.3 cm³/mol. The van der Waals surface area contributed by atoms with E-state index in [-0.39, 0.29) is 0 Å². The molecule has 5 heteroatoms. The number of ether oxygens (including phenoxy) is 1. The predicted octanol–water partition coefficient (Wildman–Crippen LogP) is 3.53. The smallest absolute Gasteiger partial charge is 0.137 e. The first-order chi connectivity index (χ1) is 7.67. The fraction of sp³-hybridized carbons (Fsp3) is 0.364. The summed E-state index contributed by atoms with van der Waals surface area (Å²) in [5.74, 6) is 0.913. The van der Waals surface area contributed by atoms with Gasteiger partial charge in [-0.1, -0.05) is 19.0 Å². The van der Waals surface area contributed by atoms with Crippen molar-refractivity contribution in [3.63, 3.8) is 0 Å². The van der Waals surface area contributed by atoms with Crippen molar-refractivity contribution in [3.05, 3.63) is 34.2 Å². The van der Waals surface area contributed by atoms with Crippen molar-refractivity contribution in [1.29, 1.82) is 5.26 Å². The summed E-state index contributed by atoms with van der Waals surface area (Å²) in [5.41, 5.74) is 9.07. The summed E-state index contributed by atoms with van der Waals surface area (Å²) in [4.78, 5) is 2.66. The topological polar surface area (TPSA) is 81.8 Å². The minimum Gasteiger partial charge on any atom is -0.492 e. The fourth-order valence-corrected chi connectivity index (χ4v) is 1.10. The molecule has 1 rings (SSSR count). The molecular weight excluding hydrogens is 204 g/mol. The van der Waals surface area contributed by atoms with Crippen LogP contribution in [0.4, 0.5) is 5.69 Å². The molecule has 0 N–H and O–H groups in total. The summed E-state index contributed by atoms with van der Waals surface area (Å²) in [5, 5.41) is 12.3. The number of rotatable bonds is 4. The summed E-state index contributed by atoms with van der Waals surface area (Å²) >= 11 is 0. The van der Waals surface area contributed by atoms with E-state index in [1.165, 1.54) is 6.07 Å². The van der Waals surface area contributed by atoms with Crippen LogP contribution in [0.1, 0.15) is 19.4 Å². The number of nitrogens with zero attached hydrogens (tertiary/aromatic N) is 4. The maximum Gasteiger partial charge on any atom is 0.137 e. The van der Waals surface area contributed by atoms with Crippen molar-refractivity contribution in [1.82, 2.24) is 0 Å². The Hall–Kier alpha value is -2.18.